The largest absolute Gasteiger partial charge is 0.335 e. The van der Waals surface area contributed by atoms with Crippen molar-refractivity contribution in [3.05, 3.63) is 70.3 Å². The van der Waals surface area contributed by atoms with Gasteiger partial charge in [-0.15, -0.1) is 0 Å². The molecule has 0 aliphatic heterocycles. The van der Waals surface area contributed by atoms with Crippen LogP contribution in [-0.2, 0) is 0 Å². The van der Waals surface area contributed by atoms with Crippen LogP contribution in [0.4, 0.5) is 0 Å². The van der Waals surface area contributed by atoms with E-state index in [-0.39, 0.29) is 11.6 Å². The first-order chi connectivity index (χ1) is 13.0. The van der Waals surface area contributed by atoms with Crippen molar-refractivity contribution in [1.82, 2.24) is 9.55 Å². The number of nitrogens with one attached hydrogen (secondary N) is 1. The summed E-state index contributed by atoms with van der Waals surface area (Å²) in [4.78, 5) is 19.7. The van der Waals surface area contributed by atoms with Crippen molar-refractivity contribution >= 4 is 10.9 Å². The smallest absolute Gasteiger partial charge is 0.266 e. The van der Waals surface area contributed by atoms with Crippen molar-refractivity contribution in [2.24, 2.45) is 0 Å². The van der Waals surface area contributed by atoms with Crippen LogP contribution < -0.4 is 15.8 Å². The molecule has 0 aliphatic carbocycles. The fraction of sp³-hybridized carbons (Fsp3) is 0.364. The van der Waals surface area contributed by atoms with E-state index in [2.05, 4.69) is 32.4 Å². The number of hydrogen-bond acceptors (Lipinski definition) is 2. The maximum atomic E-state index is 13.4. The lowest BCUT2D eigenvalue weighted by Gasteiger charge is -2.20. The van der Waals surface area contributed by atoms with Crippen molar-refractivity contribution in [3.63, 3.8) is 0 Å². The first-order valence-corrected chi connectivity index (χ1v) is 9.72. The summed E-state index contributed by atoms with van der Waals surface area (Å²) in [5, 5.41) is 2.98. The Morgan fingerprint density at radius 2 is 1.93 bits per heavy atom. The van der Waals surface area contributed by atoms with E-state index in [1.165, 1.54) is 4.90 Å². The number of fused-ring (bicyclic) bond motifs is 1. The molecule has 142 valence electrons. The SMILES string of the molecule is CC[C@H]([NH2+]CC[NH+](C)C)c1nc2ccccc2c(=O)n1-c1cccc(C)c1. The standard InChI is InChI=1S/C22H28N4O/c1-5-19(23-13-14-25(3)4)21-24-20-12-7-6-11-18(20)22(27)26(21)17-10-8-9-16(2)15-17/h6-12,15,19,23H,5,13-14H2,1-4H3/p+2/t19-/m0/s1. The van der Waals surface area contributed by atoms with Gasteiger partial charge in [0.1, 0.15) is 19.1 Å². The molecule has 27 heavy (non-hydrogen) atoms. The molecule has 1 atom stereocenters. The molecule has 3 aromatic rings. The van der Waals surface area contributed by atoms with Crippen LogP contribution in [0.2, 0.25) is 0 Å². The van der Waals surface area contributed by atoms with Gasteiger partial charge < -0.3 is 10.2 Å². The number of nitrogens with two attached hydrogens (primary N) is 1. The van der Waals surface area contributed by atoms with Gasteiger partial charge in [-0.25, -0.2) is 4.98 Å². The van der Waals surface area contributed by atoms with E-state index in [1.807, 2.05) is 54.0 Å². The Hall–Kier alpha value is -2.50. The summed E-state index contributed by atoms with van der Waals surface area (Å²) < 4.78 is 1.81. The summed E-state index contributed by atoms with van der Waals surface area (Å²) in [6, 6.07) is 15.9. The van der Waals surface area contributed by atoms with Crippen LogP contribution in [-0.4, -0.2) is 36.7 Å². The van der Waals surface area contributed by atoms with Crippen molar-refractivity contribution < 1.29 is 10.2 Å². The molecule has 0 radical (unpaired) electrons. The van der Waals surface area contributed by atoms with Gasteiger partial charge in [-0.05, 0) is 36.8 Å². The highest BCUT2D eigenvalue weighted by molar-refractivity contribution is 5.77. The monoisotopic (exact) mass is 366 g/mol. The Labute approximate surface area is 160 Å². The Morgan fingerprint density at radius 3 is 2.63 bits per heavy atom. The molecule has 0 bridgehead atoms. The van der Waals surface area contributed by atoms with Gasteiger partial charge in [-0.1, -0.05) is 31.2 Å². The molecular weight excluding hydrogens is 336 g/mol. The van der Waals surface area contributed by atoms with Crippen molar-refractivity contribution in [1.29, 1.82) is 0 Å². The van der Waals surface area contributed by atoms with Gasteiger partial charge in [0.15, 0.2) is 5.82 Å². The maximum absolute atomic E-state index is 13.4. The lowest BCUT2D eigenvalue weighted by molar-refractivity contribution is -0.877. The molecule has 0 aliphatic rings. The summed E-state index contributed by atoms with van der Waals surface area (Å²) in [5.74, 6) is 0.834. The van der Waals surface area contributed by atoms with Crippen LogP contribution in [0.15, 0.2) is 53.3 Å². The number of aromatic nitrogens is 2. The lowest BCUT2D eigenvalue weighted by atomic mass is 10.1. The lowest BCUT2D eigenvalue weighted by Crippen LogP contribution is -3.09. The number of quaternary nitrogens is 2. The number of rotatable bonds is 7. The fourth-order valence-corrected chi connectivity index (χ4v) is 3.44. The average Bonchev–Trinajstić information content (AvgIpc) is 2.65. The second-order valence-electron chi connectivity index (χ2n) is 7.46. The number of hydrogen-bond donors (Lipinski definition) is 2. The predicted molar refractivity (Wildman–Crippen MR) is 110 cm³/mol. The Balaban J connectivity index is 2.17. The molecule has 0 saturated carbocycles. The summed E-state index contributed by atoms with van der Waals surface area (Å²) in [5.41, 5.74) is 2.79. The van der Waals surface area contributed by atoms with Crippen LogP contribution in [0.25, 0.3) is 16.6 Å². The van der Waals surface area contributed by atoms with Gasteiger partial charge in [0.05, 0.1) is 30.7 Å². The van der Waals surface area contributed by atoms with E-state index < -0.39 is 0 Å². The molecule has 3 rings (SSSR count). The Morgan fingerprint density at radius 1 is 1.15 bits per heavy atom. The molecular formula is C22H30N4O+2. The highest BCUT2D eigenvalue weighted by Gasteiger charge is 2.22. The number of likely N-dealkylation sites (N-methyl/N-ethyl adjacent to an activating group) is 1. The fourth-order valence-electron chi connectivity index (χ4n) is 3.44. The third-order valence-electron chi connectivity index (χ3n) is 4.93. The normalized spacial score (nSPS) is 12.6. The van der Waals surface area contributed by atoms with E-state index >= 15 is 0 Å². The zero-order valence-corrected chi connectivity index (χ0v) is 16.7. The first-order valence-electron chi connectivity index (χ1n) is 9.72. The van der Waals surface area contributed by atoms with Crippen LogP contribution in [0, 0.1) is 6.92 Å². The minimum Gasteiger partial charge on any atom is -0.335 e. The molecule has 1 heterocycles. The molecule has 1 aromatic heterocycles. The van der Waals surface area contributed by atoms with Crippen molar-refractivity contribution in [2.75, 3.05) is 27.2 Å². The van der Waals surface area contributed by atoms with Crippen LogP contribution in [0.3, 0.4) is 0 Å². The predicted octanol–water partition coefficient (Wildman–Crippen LogP) is 0.853. The number of benzene rings is 2. The van der Waals surface area contributed by atoms with Crippen LogP contribution >= 0.6 is 0 Å². The molecule has 0 saturated heterocycles. The van der Waals surface area contributed by atoms with Gasteiger partial charge in [-0.2, -0.15) is 0 Å². The first kappa shape index (κ1) is 19.3. The minimum atomic E-state index is 0.00582. The van der Waals surface area contributed by atoms with Gasteiger partial charge in [-0.3, -0.25) is 9.36 Å². The van der Waals surface area contributed by atoms with Gasteiger partial charge in [0, 0.05) is 6.42 Å². The van der Waals surface area contributed by atoms with Crippen molar-refractivity contribution in [2.45, 2.75) is 26.3 Å². The summed E-state index contributed by atoms with van der Waals surface area (Å²) in [7, 11) is 4.32. The zero-order valence-electron chi connectivity index (χ0n) is 16.7. The van der Waals surface area contributed by atoms with E-state index in [9.17, 15) is 4.79 Å². The van der Waals surface area contributed by atoms with E-state index in [0.29, 0.717) is 5.39 Å². The minimum absolute atomic E-state index is 0.00582. The number of para-hydroxylation sites is 1. The maximum Gasteiger partial charge on any atom is 0.266 e. The van der Waals surface area contributed by atoms with E-state index in [4.69, 9.17) is 4.98 Å². The third kappa shape index (κ3) is 4.26. The van der Waals surface area contributed by atoms with E-state index in [0.717, 1.165) is 42.1 Å². The van der Waals surface area contributed by atoms with E-state index in [1.54, 1.807) is 0 Å². The van der Waals surface area contributed by atoms with Gasteiger partial charge in [0.25, 0.3) is 5.56 Å². The molecule has 0 fully saturated rings. The average molecular weight is 367 g/mol. The Kier molecular flexibility index (Phi) is 6.04. The highest BCUT2D eigenvalue weighted by Crippen LogP contribution is 2.18. The summed E-state index contributed by atoms with van der Waals surface area (Å²) in [6.45, 7) is 6.27. The second-order valence-corrected chi connectivity index (χ2v) is 7.46. The van der Waals surface area contributed by atoms with Crippen molar-refractivity contribution in [3.8, 4) is 5.69 Å². The highest BCUT2D eigenvalue weighted by atomic mass is 16.1. The molecule has 0 amide bonds. The summed E-state index contributed by atoms with van der Waals surface area (Å²) >= 11 is 0. The van der Waals surface area contributed by atoms with Gasteiger partial charge >= 0.3 is 0 Å². The molecule has 2 aromatic carbocycles. The Bertz CT molecular complexity index is 977. The van der Waals surface area contributed by atoms with Crippen LogP contribution in [0.1, 0.15) is 30.8 Å². The molecule has 0 spiro atoms. The molecule has 5 heteroatoms. The zero-order chi connectivity index (χ0) is 19.4. The molecule has 5 nitrogen and oxygen atoms in total. The topological polar surface area (TPSA) is 55.9 Å². The van der Waals surface area contributed by atoms with Gasteiger partial charge in [0.2, 0.25) is 0 Å². The van der Waals surface area contributed by atoms with Crippen LogP contribution in [0.5, 0.6) is 0 Å². The quantitative estimate of drug-likeness (QED) is 0.651. The second kappa shape index (κ2) is 8.46. The molecule has 0 unspecified atom stereocenters. The molecule has 3 N–H and O–H groups in total. The third-order valence-corrected chi connectivity index (χ3v) is 4.93. The summed E-state index contributed by atoms with van der Waals surface area (Å²) in [6.07, 6.45) is 0.916. The number of aryl methyl sites for hydroxylation is 1. The number of nitrogens with zero attached hydrogens (tertiary/aromatic N) is 2.